The first-order valence-electron chi connectivity index (χ1n) is 12.4. The van der Waals surface area contributed by atoms with Crippen LogP contribution in [-0.4, -0.2) is 66.3 Å². The van der Waals surface area contributed by atoms with Crippen molar-refractivity contribution >= 4 is 35.0 Å². The summed E-state index contributed by atoms with van der Waals surface area (Å²) in [7, 11) is 3.31. The Morgan fingerprint density at radius 1 is 1.31 bits per heavy atom. The van der Waals surface area contributed by atoms with Crippen LogP contribution in [0.25, 0.3) is 0 Å². The molecule has 2 aliphatic rings. The van der Waals surface area contributed by atoms with Gasteiger partial charge in [-0.15, -0.1) is 0 Å². The molecule has 2 heterocycles. The van der Waals surface area contributed by atoms with Crippen molar-refractivity contribution < 1.29 is 19.4 Å². The molecule has 194 valence electrons. The van der Waals surface area contributed by atoms with Crippen LogP contribution in [-0.2, 0) is 4.79 Å². The topological polar surface area (TPSA) is 120 Å². The number of anilines is 4. The van der Waals surface area contributed by atoms with Crippen LogP contribution in [0.3, 0.4) is 0 Å². The average molecular weight is 497 g/mol. The van der Waals surface area contributed by atoms with Crippen molar-refractivity contribution in [1.82, 2.24) is 15.3 Å². The smallest absolute Gasteiger partial charge is 0.251 e. The molecule has 1 aliphatic carbocycles. The van der Waals surface area contributed by atoms with Crippen LogP contribution in [0, 0.1) is 5.41 Å². The first kappa shape index (κ1) is 25.7. The van der Waals surface area contributed by atoms with Crippen molar-refractivity contribution in [2.75, 3.05) is 42.4 Å². The molecular formula is C26H36N6O4. The van der Waals surface area contributed by atoms with Crippen LogP contribution in [0.2, 0.25) is 0 Å². The first-order chi connectivity index (χ1) is 17.1. The highest BCUT2D eigenvalue weighted by Gasteiger charge is 2.41. The van der Waals surface area contributed by atoms with Crippen LogP contribution < -0.4 is 25.2 Å². The lowest BCUT2D eigenvalue weighted by Gasteiger charge is -2.34. The number of nitrogens with one attached hydrogen (secondary N) is 2. The third-order valence-electron chi connectivity index (χ3n) is 6.87. The van der Waals surface area contributed by atoms with Gasteiger partial charge in [-0.25, -0.2) is 4.98 Å². The lowest BCUT2D eigenvalue weighted by Crippen LogP contribution is -2.45. The van der Waals surface area contributed by atoms with Crippen LogP contribution in [0.5, 0.6) is 5.75 Å². The summed E-state index contributed by atoms with van der Waals surface area (Å²) >= 11 is 0. The minimum Gasteiger partial charge on any atom is -0.495 e. The zero-order valence-electron chi connectivity index (χ0n) is 21.7. The Labute approximate surface area is 212 Å². The average Bonchev–Trinajstić information content (AvgIpc) is 3.37. The number of aliphatic hydroxyl groups is 1. The number of carbonyl (C=O) groups excluding carboxylic acids is 2. The number of hydrogen-bond acceptors (Lipinski definition) is 8. The molecular weight excluding hydrogens is 460 g/mol. The molecule has 2 aromatic rings. The van der Waals surface area contributed by atoms with E-state index < -0.39 is 11.5 Å². The molecule has 0 saturated heterocycles. The van der Waals surface area contributed by atoms with Gasteiger partial charge >= 0.3 is 0 Å². The predicted octanol–water partition coefficient (Wildman–Crippen LogP) is 3.09. The number of hydrogen-bond donors (Lipinski definition) is 3. The number of aromatic nitrogens is 2. The van der Waals surface area contributed by atoms with Gasteiger partial charge in [-0.05, 0) is 51.8 Å². The third-order valence-corrected chi connectivity index (χ3v) is 6.87. The highest BCUT2D eigenvalue weighted by Crippen LogP contribution is 2.40. The zero-order chi connectivity index (χ0) is 26.0. The largest absolute Gasteiger partial charge is 0.495 e. The Hall–Kier alpha value is -3.40. The second-order valence-electron chi connectivity index (χ2n) is 10.3. The van der Waals surface area contributed by atoms with Crippen LogP contribution in [0.1, 0.15) is 56.8 Å². The summed E-state index contributed by atoms with van der Waals surface area (Å²) in [5.74, 6) is 1.32. The van der Waals surface area contributed by atoms with E-state index in [1.54, 1.807) is 43.3 Å². The SMILES string of the molecule is COc1cc(C(=O)NCC(C)O)ccc1Nc1ncc2c(n1)N(C1CCCC1)CC(C)(C)C(=O)N2C. The number of rotatable bonds is 7. The second-order valence-corrected chi connectivity index (χ2v) is 10.3. The van der Waals surface area contributed by atoms with Gasteiger partial charge in [0.25, 0.3) is 5.91 Å². The van der Waals surface area contributed by atoms with E-state index in [2.05, 4.69) is 20.5 Å². The van der Waals surface area contributed by atoms with Gasteiger partial charge in [0, 0.05) is 31.7 Å². The number of amides is 2. The fourth-order valence-electron chi connectivity index (χ4n) is 4.92. The van der Waals surface area contributed by atoms with Crippen molar-refractivity contribution in [2.24, 2.45) is 5.41 Å². The van der Waals surface area contributed by atoms with Crippen molar-refractivity contribution in [3.8, 4) is 5.75 Å². The molecule has 2 amide bonds. The maximum absolute atomic E-state index is 13.2. The molecule has 3 N–H and O–H groups in total. The summed E-state index contributed by atoms with van der Waals surface area (Å²) in [5, 5.41) is 15.3. The minimum absolute atomic E-state index is 0.0414. The van der Waals surface area contributed by atoms with Gasteiger partial charge < -0.3 is 30.3 Å². The Morgan fingerprint density at radius 3 is 2.69 bits per heavy atom. The van der Waals surface area contributed by atoms with Crippen LogP contribution >= 0.6 is 0 Å². The van der Waals surface area contributed by atoms with E-state index >= 15 is 0 Å². The van der Waals surface area contributed by atoms with Crippen molar-refractivity contribution in [2.45, 2.75) is 58.6 Å². The first-order valence-corrected chi connectivity index (χ1v) is 12.4. The summed E-state index contributed by atoms with van der Waals surface area (Å²) in [4.78, 5) is 38.9. The van der Waals surface area contributed by atoms with Gasteiger partial charge in [-0.2, -0.15) is 4.98 Å². The number of ether oxygens (including phenoxy) is 1. The molecule has 1 aromatic heterocycles. The predicted molar refractivity (Wildman–Crippen MR) is 139 cm³/mol. The fourth-order valence-corrected chi connectivity index (χ4v) is 4.92. The highest BCUT2D eigenvalue weighted by molar-refractivity contribution is 6.01. The van der Waals surface area contributed by atoms with Gasteiger partial charge in [0.15, 0.2) is 5.82 Å². The van der Waals surface area contributed by atoms with Crippen molar-refractivity contribution in [3.05, 3.63) is 30.0 Å². The summed E-state index contributed by atoms with van der Waals surface area (Å²) in [5.41, 5.74) is 1.16. The Kier molecular flexibility index (Phi) is 7.35. The molecule has 1 aromatic carbocycles. The molecule has 4 rings (SSSR count). The van der Waals surface area contributed by atoms with Crippen LogP contribution in [0.4, 0.5) is 23.1 Å². The van der Waals surface area contributed by atoms with Crippen molar-refractivity contribution in [1.29, 1.82) is 0 Å². The standard InChI is InChI=1S/C26H36N6O4/c1-16(33)13-27-23(34)17-10-11-19(21(12-17)36-5)29-25-28-14-20-22(30-25)32(18-8-6-7-9-18)15-26(2,3)24(35)31(20)4/h10-12,14,16,18,33H,6-9,13,15H2,1-5H3,(H,27,34)(H,28,29,30). The molecule has 1 unspecified atom stereocenters. The molecule has 10 nitrogen and oxygen atoms in total. The third kappa shape index (κ3) is 5.23. The van der Waals surface area contributed by atoms with E-state index in [0.29, 0.717) is 41.2 Å². The molecule has 0 spiro atoms. The molecule has 1 saturated carbocycles. The van der Waals surface area contributed by atoms with Gasteiger partial charge in [0.2, 0.25) is 11.9 Å². The summed E-state index contributed by atoms with van der Waals surface area (Å²) in [6.07, 6.45) is 5.55. The number of methoxy groups -OCH3 is 1. The highest BCUT2D eigenvalue weighted by atomic mass is 16.5. The second kappa shape index (κ2) is 10.3. The number of aliphatic hydroxyl groups excluding tert-OH is 1. The Balaban J connectivity index is 1.65. The summed E-state index contributed by atoms with van der Waals surface area (Å²) in [6.45, 7) is 6.32. The van der Waals surface area contributed by atoms with Gasteiger partial charge in [-0.1, -0.05) is 12.8 Å². The van der Waals surface area contributed by atoms with Gasteiger partial charge in [-0.3, -0.25) is 9.59 Å². The lowest BCUT2D eigenvalue weighted by atomic mass is 9.91. The van der Waals surface area contributed by atoms with E-state index in [0.717, 1.165) is 18.7 Å². The zero-order valence-corrected chi connectivity index (χ0v) is 21.7. The number of fused-ring (bicyclic) bond motifs is 1. The molecule has 10 heteroatoms. The number of nitrogens with zero attached hydrogens (tertiary/aromatic N) is 4. The number of benzene rings is 1. The maximum Gasteiger partial charge on any atom is 0.251 e. The minimum atomic E-state index is -0.633. The molecule has 1 atom stereocenters. The Morgan fingerprint density at radius 2 is 2.03 bits per heavy atom. The van der Waals surface area contributed by atoms with E-state index in [1.807, 2.05) is 13.8 Å². The van der Waals surface area contributed by atoms with E-state index in [4.69, 9.17) is 9.72 Å². The fraction of sp³-hybridized carbons (Fsp3) is 0.538. The molecule has 1 aliphatic heterocycles. The summed E-state index contributed by atoms with van der Waals surface area (Å²) in [6, 6.07) is 5.37. The van der Waals surface area contributed by atoms with Gasteiger partial charge in [0.1, 0.15) is 11.4 Å². The van der Waals surface area contributed by atoms with E-state index in [-0.39, 0.29) is 18.4 Å². The van der Waals surface area contributed by atoms with Crippen molar-refractivity contribution in [3.63, 3.8) is 0 Å². The Bertz CT molecular complexity index is 1130. The molecule has 0 bridgehead atoms. The van der Waals surface area contributed by atoms with Crippen LogP contribution in [0.15, 0.2) is 24.4 Å². The van der Waals surface area contributed by atoms with Gasteiger partial charge in [0.05, 0.1) is 30.5 Å². The molecule has 36 heavy (non-hydrogen) atoms. The maximum atomic E-state index is 13.2. The van der Waals surface area contributed by atoms with E-state index in [1.165, 1.54) is 20.0 Å². The lowest BCUT2D eigenvalue weighted by molar-refractivity contribution is -0.125. The van der Waals surface area contributed by atoms with E-state index in [9.17, 15) is 14.7 Å². The number of carbonyl (C=O) groups is 2. The molecule has 0 radical (unpaired) electrons. The monoisotopic (exact) mass is 496 g/mol. The quantitative estimate of drug-likeness (QED) is 0.535. The molecule has 1 fully saturated rings. The summed E-state index contributed by atoms with van der Waals surface area (Å²) < 4.78 is 5.52. The normalized spacial score (nSPS) is 18.4.